The molecule has 0 amide bonds. The molecule has 0 aliphatic heterocycles. The van der Waals surface area contributed by atoms with Crippen LogP contribution in [0.2, 0.25) is 0 Å². The molecule has 4 rings (SSSR count). The number of hydrogen-bond donors (Lipinski definition) is 4. The normalized spacial score (nSPS) is 52.9. The number of aliphatic hydroxyl groups excluding tert-OH is 3. The van der Waals surface area contributed by atoms with Gasteiger partial charge in [-0.15, -0.1) is 0 Å². The Balaban J connectivity index is 1.59. The molecule has 0 aromatic heterocycles. The van der Waals surface area contributed by atoms with Crippen LogP contribution in [-0.2, 0) is 4.79 Å². The predicted octanol–water partition coefficient (Wildman–Crippen LogP) is 3.45. The first-order valence-corrected chi connectivity index (χ1v) is 11.8. The number of hydrogen-bond acceptors (Lipinski definition) is 4. The number of carbonyl (C=O) groups is 1. The number of aliphatic hydroxyl groups is 3. The lowest BCUT2D eigenvalue weighted by molar-refractivity contribution is -0.174. The van der Waals surface area contributed by atoms with Crippen LogP contribution < -0.4 is 0 Å². The van der Waals surface area contributed by atoms with Crippen LogP contribution >= 0.6 is 0 Å². The summed E-state index contributed by atoms with van der Waals surface area (Å²) < 4.78 is 0. The van der Waals surface area contributed by atoms with E-state index in [1.165, 1.54) is 0 Å². The molecular formula is C24H40O5. The quantitative estimate of drug-likeness (QED) is 0.571. The van der Waals surface area contributed by atoms with E-state index in [9.17, 15) is 20.1 Å². The highest BCUT2D eigenvalue weighted by molar-refractivity contribution is 5.66. The Kier molecular flexibility index (Phi) is 5.57. The molecule has 0 aromatic carbocycles. The highest BCUT2D eigenvalue weighted by Crippen LogP contribution is 2.68. The minimum absolute atomic E-state index is 0.0309. The summed E-state index contributed by atoms with van der Waals surface area (Å²) in [6.07, 6.45) is 6.14. The molecule has 0 bridgehead atoms. The fourth-order valence-corrected chi connectivity index (χ4v) is 8.82. The van der Waals surface area contributed by atoms with Gasteiger partial charge in [-0.1, -0.05) is 20.8 Å². The van der Waals surface area contributed by atoms with Crippen LogP contribution in [0.15, 0.2) is 0 Å². The standard InChI is InChI=1S/C24H40O5/c1-13(4-5-20(28)29)22-19(27)12-17-21-16(7-9-24(17,22)3)23(2)8-6-15(25)10-14(23)11-18(21)26/h13-19,21-22,25-27H,4-12H2,1-3H3,(H,28,29)/t13-,14+,15-,16+,17+,18-,19+,21-,22+,23+,24+/m1/s1. The third-order valence-corrected chi connectivity index (χ3v) is 10.2. The third kappa shape index (κ3) is 3.36. The van der Waals surface area contributed by atoms with Gasteiger partial charge in [0.05, 0.1) is 18.3 Å². The topological polar surface area (TPSA) is 98.0 Å². The molecule has 0 saturated heterocycles. The maximum Gasteiger partial charge on any atom is 0.303 e. The van der Waals surface area contributed by atoms with Crippen molar-refractivity contribution in [3.63, 3.8) is 0 Å². The van der Waals surface area contributed by atoms with Crippen molar-refractivity contribution >= 4 is 5.97 Å². The Labute approximate surface area is 174 Å². The van der Waals surface area contributed by atoms with Gasteiger partial charge in [0.25, 0.3) is 0 Å². The van der Waals surface area contributed by atoms with Crippen LogP contribution in [-0.4, -0.2) is 44.7 Å². The largest absolute Gasteiger partial charge is 0.481 e. The lowest BCUT2D eigenvalue weighted by Crippen LogP contribution is -2.58. The fourth-order valence-electron chi connectivity index (χ4n) is 8.82. The second-order valence-electron chi connectivity index (χ2n) is 11.5. The van der Waals surface area contributed by atoms with Gasteiger partial charge in [0.15, 0.2) is 0 Å². The summed E-state index contributed by atoms with van der Waals surface area (Å²) >= 11 is 0. The van der Waals surface area contributed by atoms with Crippen LogP contribution in [0, 0.1) is 46.3 Å². The van der Waals surface area contributed by atoms with E-state index in [0.717, 1.165) is 44.9 Å². The van der Waals surface area contributed by atoms with Gasteiger partial charge in [-0.25, -0.2) is 0 Å². The molecule has 4 N–H and O–H groups in total. The molecule has 0 unspecified atom stereocenters. The Morgan fingerprint density at radius 3 is 2.34 bits per heavy atom. The van der Waals surface area contributed by atoms with Gasteiger partial charge in [0.1, 0.15) is 0 Å². The van der Waals surface area contributed by atoms with E-state index in [-0.39, 0.29) is 47.2 Å². The van der Waals surface area contributed by atoms with Gasteiger partial charge in [-0.05, 0) is 97.7 Å². The molecule has 0 spiro atoms. The molecule has 4 saturated carbocycles. The average Bonchev–Trinajstić information content (AvgIpc) is 2.91. The number of fused-ring (bicyclic) bond motifs is 5. The smallest absolute Gasteiger partial charge is 0.303 e. The van der Waals surface area contributed by atoms with E-state index in [4.69, 9.17) is 5.11 Å². The second kappa shape index (κ2) is 7.49. The molecule has 0 radical (unpaired) electrons. The molecule has 4 aliphatic rings. The highest BCUT2D eigenvalue weighted by atomic mass is 16.4. The second-order valence-corrected chi connectivity index (χ2v) is 11.5. The Morgan fingerprint density at radius 1 is 0.966 bits per heavy atom. The Morgan fingerprint density at radius 2 is 1.66 bits per heavy atom. The van der Waals surface area contributed by atoms with Crippen molar-refractivity contribution in [2.45, 2.75) is 96.9 Å². The van der Waals surface area contributed by atoms with Crippen molar-refractivity contribution in [2.24, 2.45) is 46.3 Å². The molecule has 5 nitrogen and oxygen atoms in total. The van der Waals surface area contributed by atoms with Crippen molar-refractivity contribution < 1.29 is 25.2 Å². The van der Waals surface area contributed by atoms with E-state index < -0.39 is 12.1 Å². The van der Waals surface area contributed by atoms with Crippen molar-refractivity contribution in [2.75, 3.05) is 0 Å². The maximum atomic E-state index is 11.3. The van der Waals surface area contributed by atoms with Crippen molar-refractivity contribution in [1.29, 1.82) is 0 Å². The summed E-state index contributed by atoms with van der Waals surface area (Å²) in [5.41, 5.74) is 0.152. The zero-order valence-corrected chi connectivity index (χ0v) is 18.3. The fraction of sp³-hybridized carbons (Fsp3) is 0.958. The van der Waals surface area contributed by atoms with Crippen LogP contribution in [0.4, 0.5) is 0 Å². The van der Waals surface area contributed by atoms with Crippen molar-refractivity contribution in [3.8, 4) is 0 Å². The SMILES string of the molecule is C[C@H](CCC(=O)O)[C@H]1[C@@H](O)C[C@H]2[C@@H]3[C@H](O)C[C@@H]4C[C@H](O)CC[C@]4(C)[C@H]3CC[C@]12C. The lowest BCUT2D eigenvalue weighted by atomic mass is 9.43. The monoisotopic (exact) mass is 408 g/mol. The van der Waals surface area contributed by atoms with Crippen LogP contribution in [0.25, 0.3) is 0 Å². The predicted molar refractivity (Wildman–Crippen MR) is 110 cm³/mol. The van der Waals surface area contributed by atoms with Crippen molar-refractivity contribution in [3.05, 3.63) is 0 Å². The van der Waals surface area contributed by atoms with E-state index in [2.05, 4.69) is 20.8 Å². The number of rotatable bonds is 4. The van der Waals surface area contributed by atoms with Crippen molar-refractivity contribution in [1.82, 2.24) is 0 Å². The van der Waals surface area contributed by atoms with E-state index in [1.807, 2.05) is 0 Å². The third-order valence-electron chi connectivity index (χ3n) is 10.2. The first-order chi connectivity index (χ1) is 13.6. The maximum absolute atomic E-state index is 11.3. The minimum atomic E-state index is -0.768. The summed E-state index contributed by atoms with van der Waals surface area (Å²) in [5, 5.41) is 41.6. The number of carboxylic acids is 1. The summed E-state index contributed by atoms with van der Waals surface area (Å²) in [6, 6.07) is 0. The van der Waals surface area contributed by atoms with Gasteiger partial charge in [0, 0.05) is 6.42 Å². The van der Waals surface area contributed by atoms with Gasteiger partial charge in [0.2, 0.25) is 0 Å². The average molecular weight is 409 g/mol. The molecule has 11 atom stereocenters. The summed E-state index contributed by atoms with van der Waals surface area (Å²) in [7, 11) is 0. The Hall–Kier alpha value is -0.650. The van der Waals surface area contributed by atoms with Gasteiger partial charge in [-0.2, -0.15) is 0 Å². The molecule has 29 heavy (non-hydrogen) atoms. The highest BCUT2D eigenvalue weighted by Gasteiger charge is 2.64. The number of aliphatic carboxylic acids is 1. The van der Waals surface area contributed by atoms with Crippen LogP contribution in [0.3, 0.4) is 0 Å². The summed E-state index contributed by atoms with van der Waals surface area (Å²) in [6.45, 7) is 6.81. The minimum Gasteiger partial charge on any atom is -0.481 e. The van der Waals surface area contributed by atoms with E-state index in [1.54, 1.807) is 0 Å². The van der Waals surface area contributed by atoms with E-state index in [0.29, 0.717) is 24.2 Å². The first-order valence-electron chi connectivity index (χ1n) is 11.8. The molecular weight excluding hydrogens is 368 g/mol. The lowest BCUT2D eigenvalue weighted by Gasteiger charge is -2.62. The van der Waals surface area contributed by atoms with E-state index >= 15 is 0 Å². The molecule has 0 heterocycles. The molecule has 4 fully saturated rings. The van der Waals surface area contributed by atoms with Gasteiger partial charge < -0.3 is 20.4 Å². The zero-order chi connectivity index (χ0) is 21.1. The zero-order valence-electron chi connectivity index (χ0n) is 18.3. The Bertz CT molecular complexity index is 637. The van der Waals surface area contributed by atoms with Crippen LogP contribution in [0.5, 0.6) is 0 Å². The first kappa shape index (κ1) is 21.6. The molecule has 5 heteroatoms. The van der Waals surface area contributed by atoms with Gasteiger partial charge in [-0.3, -0.25) is 4.79 Å². The molecule has 0 aromatic rings. The summed E-state index contributed by atoms with van der Waals surface area (Å²) in [4.78, 5) is 11.1. The molecule has 4 aliphatic carbocycles. The molecule has 166 valence electrons. The summed E-state index contributed by atoms with van der Waals surface area (Å²) in [5.74, 6) is 0.881. The number of carboxylic acid groups (broad SMARTS) is 1. The van der Waals surface area contributed by atoms with Gasteiger partial charge >= 0.3 is 5.97 Å². The van der Waals surface area contributed by atoms with Crippen LogP contribution in [0.1, 0.15) is 78.6 Å².